The van der Waals surface area contributed by atoms with Crippen LogP contribution in [0.1, 0.15) is 10.4 Å². The lowest BCUT2D eigenvalue weighted by atomic mass is 10.1. The highest BCUT2D eigenvalue weighted by atomic mass is 16.6. The molecule has 11 heteroatoms. The summed E-state index contributed by atoms with van der Waals surface area (Å²) in [5, 5.41) is 14.7. The molecule has 0 saturated carbocycles. The number of para-hydroxylation sites is 2. The summed E-state index contributed by atoms with van der Waals surface area (Å²) in [5.74, 6) is 1.08. The minimum absolute atomic E-state index is 0.0648. The summed E-state index contributed by atoms with van der Waals surface area (Å²) in [6, 6.07) is 14.5. The SMILES string of the molecule is COc1cccc(C(=O)Cn2c(-c3nonc3N)nc3ccccc32)c1.O=CNO. The van der Waals surface area contributed by atoms with E-state index < -0.39 is 0 Å². The third-order valence-electron chi connectivity index (χ3n) is 4.13. The molecule has 2 aromatic carbocycles. The molecule has 4 N–H and O–H groups in total. The van der Waals surface area contributed by atoms with Crippen LogP contribution in [0.25, 0.3) is 22.6 Å². The number of benzene rings is 2. The van der Waals surface area contributed by atoms with Crippen molar-refractivity contribution in [1.29, 1.82) is 0 Å². The van der Waals surface area contributed by atoms with Crippen molar-refractivity contribution in [3.8, 4) is 17.3 Å². The van der Waals surface area contributed by atoms with Gasteiger partial charge in [-0.2, -0.15) is 0 Å². The summed E-state index contributed by atoms with van der Waals surface area (Å²) in [4.78, 5) is 26.2. The number of carbonyl (C=O) groups is 2. The third kappa shape index (κ3) is 4.25. The molecule has 0 aliphatic carbocycles. The molecule has 0 aliphatic rings. The number of nitrogens with zero attached hydrogens (tertiary/aromatic N) is 4. The zero-order chi connectivity index (χ0) is 21.5. The smallest absolute Gasteiger partial charge is 0.230 e. The predicted octanol–water partition coefficient (Wildman–Crippen LogP) is 1.68. The molecule has 2 aromatic heterocycles. The number of hydrogen-bond acceptors (Lipinski definition) is 9. The van der Waals surface area contributed by atoms with E-state index in [9.17, 15) is 4.79 Å². The number of ketones is 1. The standard InChI is InChI=1S/C18H15N5O3.CH3NO2/c1-25-12-6-4-5-11(9-12)15(24)10-23-14-8-3-2-7-13(14)20-18(23)16-17(19)22-26-21-16;3-1-2-4/h2-9H,10H2,1H3,(H2,19,22);1,4H,(H,2,3). The summed E-state index contributed by atoms with van der Waals surface area (Å²) >= 11 is 0. The molecule has 154 valence electrons. The second-order valence-corrected chi connectivity index (χ2v) is 5.91. The van der Waals surface area contributed by atoms with E-state index in [1.54, 1.807) is 35.9 Å². The second-order valence-electron chi connectivity index (χ2n) is 5.91. The van der Waals surface area contributed by atoms with E-state index >= 15 is 0 Å². The van der Waals surface area contributed by atoms with E-state index in [0.717, 1.165) is 11.0 Å². The van der Waals surface area contributed by atoms with Crippen LogP contribution < -0.4 is 16.0 Å². The van der Waals surface area contributed by atoms with Crippen molar-refractivity contribution >= 4 is 29.0 Å². The number of hydrogen-bond donors (Lipinski definition) is 3. The number of rotatable bonds is 6. The average Bonchev–Trinajstić information content (AvgIpc) is 3.37. The van der Waals surface area contributed by atoms with Crippen LogP contribution >= 0.6 is 0 Å². The number of carbonyl (C=O) groups excluding carboxylic acids is 2. The normalized spacial score (nSPS) is 10.2. The Hall–Kier alpha value is -4.25. The molecule has 0 fully saturated rings. The van der Waals surface area contributed by atoms with Gasteiger partial charge in [-0.1, -0.05) is 24.3 Å². The molecule has 4 rings (SSSR count). The zero-order valence-corrected chi connectivity index (χ0v) is 15.8. The molecule has 0 bridgehead atoms. The zero-order valence-electron chi connectivity index (χ0n) is 15.8. The highest BCUT2D eigenvalue weighted by Gasteiger charge is 2.21. The number of fused-ring (bicyclic) bond motifs is 1. The molecule has 1 amide bonds. The van der Waals surface area contributed by atoms with Gasteiger partial charge < -0.3 is 15.0 Å². The van der Waals surface area contributed by atoms with Gasteiger partial charge in [-0.05, 0) is 34.6 Å². The van der Waals surface area contributed by atoms with Gasteiger partial charge in [-0.15, -0.1) is 0 Å². The summed E-state index contributed by atoms with van der Waals surface area (Å²) in [6.07, 6.45) is 0.181. The minimum atomic E-state index is -0.0941. The highest BCUT2D eigenvalue weighted by molar-refractivity contribution is 5.97. The average molecular weight is 410 g/mol. The number of hydroxylamine groups is 1. The van der Waals surface area contributed by atoms with Gasteiger partial charge in [0.15, 0.2) is 23.1 Å². The van der Waals surface area contributed by atoms with Crippen molar-refractivity contribution in [3.05, 3.63) is 54.1 Å². The van der Waals surface area contributed by atoms with Gasteiger partial charge in [0.1, 0.15) is 5.75 Å². The van der Waals surface area contributed by atoms with Crippen LogP contribution in [-0.2, 0) is 11.3 Å². The Balaban J connectivity index is 0.000000589. The number of Topliss-reactive ketones (excluding diaryl/α,β-unsaturated/α-hetero) is 1. The van der Waals surface area contributed by atoms with Gasteiger partial charge in [0.25, 0.3) is 0 Å². The molecule has 0 radical (unpaired) electrons. The van der Waals surface area contributed by atoms with Gasteiger partial charge in [0.05, 0.1) is 24.7 Å². The van der Waals surface area contributed by atoms with E-state index in [1.807, 2.05) is 24.3 Å². The van der Waals surface area contributed by atoms with Crippen LogP contribution in [-0.4, -0.2) is 44.4 Å². The first-order chi connectivity index (χ1) is 14.6. The number of aromatic nitrogens is 4. The van der Waals surface area contributed by atoms with E-state index in [4.69, 9.17) is 25.1 Å². The minimum Gasteiger partial charge on any atom is -0.497 e. The van der Waals surface area contributed by atoms with Crippen LogP contribution in [0.3, 0.4) is 0 Å². The molecular formula is C19H18N6O5. The van der Waals surface area contributed by atoms with Gasteiger partial charge in [-0.3, -0.25) is 14.8 Å². The molecule has 0 aliphatic heterocycles. The van der Waals surface area contributed by atoms with E-state index in [0.29, 0.717) is 22.8 Å². The fraction of sp³-hybridized carbons (Fsp3) is 0.105. The van der Waals surface area contributed by atoms with Crippen molar-refractivity contribution < 1.29 is 24.2 Å². The first-order valence-electron chi connectivity index (χ1n) is 8.63. The van der Waals surface area contributed by atoms with Crippen LogP contribution in [0.2, 0.25) is 0 Å². The van der Waals surface area contributed by atoms with Crippen LogP contribution in [0, 0.1) is 0 Å². The molecule has 0 spiro atoms. The quantitative estimate of drug-likeness (QED) is 0.186. The Morgan fingerprint density at radius 3 is 2.70 bits per heavy atom. The molecule has 0 saturated heterocycles. The van der Waals surface area contributed by atoms with Gasteiger partial charge in [-0.25, -0.2) is 15.1 Å². The molecular weight excluding hydrogens is 392 g/mol. The topological polar surface area (TPSA) is 158 Å². The van der Waals surface area contributed by atoms with Gasteiger partial charge >= 0.3 is 0 Å². The maximum atomic E-state index is 12.8. The number of amides is 1. The van der Waals surface area contributed by atoms with E-state index in [1.165, 1.54) is 5.48 Å². The fourth-order valence-electron chi connectivity index (χ4n) is 2.80. The first-order valence-corrected chi connectivity index (χ1v) is 8.63. The second kappa shape index (κ2) is 9.30. The molecule has 30 heavy (non-hydrogen) atoms. The van der Waals surface area contributed by atoms with Crippen LogP contribution in [0.5, 0.6) is 5.75 Å². The van der Waals surface area contributed by atoms with Crippen LogP contribution in [0.15, 0.2) is 53.2 Å². The number of anilines is 1. The van der Waals surface area contributed by atoms with Crippen molar-refractivity contribution in [2.75, 3.05) is 12.8 Å². The summed E-state index contributed by atoms with van der Waals surface area (Å²) in [7, 11) is 1.56. The number of imidazole rings is 1. The number of nitrogens with one attached hydrogen (secondary N) is 1. The van der Waals surface area contributed by atoms with Crippen molar-refractivity contribution in [2.24, 2.45) is 0 Å². The molecule has 11 nitrogen and oxygen atoms in total. The molecule has 0 unspecified atom stereocenters. The highest BCUT2D eigenvalue weighted by Crippen LogP contribution is 2.27. The van der Waals surface area contributed by atoms with Gasteiger partial charge in [0, 0.05) is 5.56 Å². The number of nitrogens with two attached hydrogens (primary N) is 1. The van der Waals surface area contributed by atoms with Crippen molar-refractivity contribution in [1.82, 2.24) is 25.3 Å². The molecule has 2 heterocycles. The van der Waals surface area contributed by atoms with E-state index in [2.05, 4.69) is 15.3 Å². The third-order valence-corrected chi connectivity index (χ3v) is 4.13. The van der Waals surface area contributed by atoms with Crippen molar-refractivity contribution in [2.45, 2.75) is 6.54 Å². The summed E-state index contributed by atoms with van der Waals surface area (Å²) in [6.45, 7) is 0.0648. The van der Waals surface area contributed by atoms with Crippen LogP contribution in [0.4, 0.5) is 5.82 Å². The Kier molecular flexibility index (Phi) is 6.35. The Morgan fingerprint density at radius 1 is 1.27 bits per heavy atom. The lowest BCUT2D eigenvalue weighted by Crippen LogP contribution is -2.12. The Labute approximate surface area is 170 Å². The first kappa shape index (κ1) is 20.5. The van der Waals surface area contributed by atoms with Crippen molar-refractivity contribution in [3.63, 3.8) is 0 Å². The molecule has 0 atom stereocenters. The lowest BCUT2D eigenvalue weighted by molar-refractivity contribution is -0.116. The molecule has 4 aromatic rings. The number of ether oxygens (including phenoxy) is 1. The maximum Gasteiger partial charge on any atom is 0.230 e. The Bertz CT molecular complexity index is 1170. The fourth-order valence-corrected chi connectivity index (χ4v) is 2.80. The Morgan fingerprint density at radius 2 is 2.03 bits per heavy atom. The predicted molar refractivity (Wildman–Crippen MR) is 106 cm³/mol. The summed E-state index contributed by atoms with van der Waals surface area (Å²) < 4.78 is 11.6. The van der Waals surface area contributed by atoms with Gasteiger partial charge in [0.2, 0.25) is 6.41 Å². The number of methoxy groups -OCH3 is 1. The number of nitrogen functional groups attached to an aromatic ring is 1. The lowest BCUT2D eigenvalue weighted by Gasteiger charge is -2.08. The maximum absolute atomic E-state index is 12.8. The largest absolute Gasteiger partial charge is 0.497 e. The monoisotopic (exact) mass is 410 g/mol. The van der Waals surface area contributed by atoms with E-state index in [-0.39, 0.29) is 24.6 Å². The summed E-state index contributed by atoms with van der Waals surface area (Å²) in [5.41, 5.74) is 9.44.